The number of halogens is 1. The Bertz CT molecular complexity index is 895. The Morgan fingerprint density at radius 2 is 1.93 bits per heavy atom. The number of carboxylic acid groups (broad SMARTS) is 1. The number of ether oxygens (including phenoxy) is 1. The van der Waals surface area contributed by atoms with Gasteiger partial charge in [0.05, 0.1) is 19.3 Å². The fourth-order valence-electron chi connectivity index (χ4n) is 3.27. The molecule has 1 aromatic heterocycles. The summed E-state index contributed by atoms with van der Waals surface area (Å²) in [5.74, 6) is -0.420. The van der Waals surface area contributed by atoms with Gasteiger partial charge in [-0.25, -0.2) is 8.42 Å². The minimum absolute atomic E-state index is 0. The second-order valence-electron chi connectivity index (χ2n) is 6.28. The summed E-state index contributed by atoms with van der Waals surface area (Å²) in [5.41, 5.74) is 0.941. The van der Waals surface area contributed by atoms with Crippen LogP contribution in [0.1, 0.15) is 17.7 Å². The molecule has 0 saturated carbocycles. The van der Waals surface area contributed by atoms with E-state index in [0.717, 1.165) is 16.2 Å². The van der Waals surface area contributed by atoms with Crippen molar-refractivity contribution in [3.05, 3.63) is 41.3 Å². The van der Waals surface area contributed by atoms with Crippen molar-refractivity contribution >= 4 is 39.6 Å². The maximum absolute atomic E-state index is 13.0. The summed E-state index contributed by atoms with van der Waals surface area (Å²) in [7, 11) is -2.01. The van der Waals surface area contributed by atoms with Crippen LogP contribution in [0.4, 0.5) is 0 Å². The van der Waals surface area contributed by atoms with E-state index in [9.17, 15) is 18.3 Å². The van der Waals surface area contributed by atoms with Crippen LogP contribution in [0.15, 0.2) is 36.4 Å². The number of hydrogen-bond donors (Lipinski definition) is 2. The number of rotatable bonds is 5. The van der Waals surface area contributed by atoms with Crippen molar-refractivity contribution in [2.75, 3.05) is 26.0 Å². The molecular formula is C18H22ClNO5S2. The molecule has 9 heteroatoms. The van der Waals surface area contributed by atoms with Gasteiger partial charge in [0.1, 0.15) is 10.5 Å². The highest BCUT2D eigenvalue weighted by molar-refractivity contribution is 7.92. The molecule has 0 spiro atoms. The number of carbonyl (C=O) groups is 1. The van der Waals surface area contributed by atoms with Gasteiger partial charge in [0.25, 0.3) is 0 Å². The van der Waals surface area contributed by atoms with Crippen LogP contribution in [0, 0.1) is 0 Å². The third-order valence-electron chi connectivity index (χ3n) is 4.71. The van der Waals surface area contributed by atoms with E-state index in [1.54, 1.807) is 13.2 Å². The molecular weight excluding hydrogens is 410 g/mol. The topological polar surface area (TPSA) is 92.7 Å². The Hall–Kier alpha value is -1.61. The highest BCUT2D eigenvalue weighted by Crippen LogP contribution is 2.44. The largest absolute Gasteiger partial charge is 0.497 e. The van der Waals surface area contributed by atoms with Crippen molar-refractivity contribution in [2.45, 2.75) is 17.6 Å². The highest BCUT2D eigenvalue weighted by atomic mass is 35.5. The zero-order chi connectivity index (χ0) is 18.8. The monoisotopic (exact) mass is 431 g/mol. The summed E-state index contributed by atoms with van der Waals surface area (Å²) in [4.78, 5) is 13.0. The number of aliphatic carboxylic acids is 1. The molecule has 3 rings (SSSR count). The van der Waals surface area contributed by atoms with Crippen LogP contribution in [0.25, 0.3) is 10.4 Å². The Balaban J connectivity index is 0.00000261. The van der Waals surface area contributed by atoms with E-state index in [0.29, 0.717) is 18.0 Å². The van der Waals surface area contributed by atoms with E-state index in [4.69, 9.17) is 4.74 Å². The molecule has 0 amide bonds. The molecule has 6 nitrogen and oxygen atoms in total. The Morgan fingerprint density at radius 3 is 2.56 bits per heavy atom. The fraction of sp³-hybridized carbons (Fsp3) is 0.389. The smallest absolute Gasteiger partial charge is 0.305 e. The lowest BCUT2D eigenvalue weighted by molar-refractivity contribution is -0.137. The summed E-state index contributed by atoms with van der Waals surface area (Å²) in [5, 5.41) is 12.5. The number of carboxylic acids is 1. The van der Waals surface area contributed by atoms with E-state index < -0.39 is 27.0 Å². The lowest BCUT2D eigenvalue weighted by Gasteiger charge is -2.29. The molecule has 0 bridgehead atoms. The summed E-state index contributed by atoms with van der Waals surface area (Å²) >= 11 is 1.35. The van der Waals surface area contributed by atoms with Gasteiger partial charge in [0.15, 0.2) is 9.84 Å². The normalized spacial score (nSPS) is 21.7. The molecule has 1 fully saturated rings. The van der Waals surface area contributed by atoms with Gasteiger partial charge in [-0.15, -0.1) is 23.7 Å². The SMILES string of the molecule is COc1ccc(-c2ccc(C3(CC(=O)O)CCNCCS3(=O)=O)s2)cc1.Cl. The van der Waals surface area contributed by atoms with Crippen molar-refractivity contribution in [1.29, 1.82) is 0 Å². The second kappa shape index (κ2) is 8.60. The number of methoxy groups -OCH3 is 1. The molecule has 2 aromatic rings. The first kappa shape index (κ1) is 21.7. The fourth-order valence-corrected chi connectivity index (χ4v) is 6.84. The van der Waals surface area contributed by atoms with Gasteiger partial charge in [-0.3, -0.25) is 4.79 Å². The number of thiophene rings is 1. The van der Waals surface area contributed by atoms with Gasteiger partial charge in [-0.05, 0) is 54.9 Å². The van der Waals surface area contributed by atoms with Gasteiger partial charge in [-0.2, -0.15) is 0 Å². The molecule has 2 N–H and O–H groups in total. The van der Waals surface area contributed by atoms with Gasteiger partial charge >= 0.3 is 5.97 Å². The first-order chi connectivity index (χ1) is 12.4. The Morgan fingerprint density at radius 1 is 1.22 bits per heavy atom. The summed E-state index contributed by atoms with van der Waals surface area (Å²) in [6, 6.07) is 11.1. The second-order valence-corrected chi connectivity index (χ2v) is 9.78. The number of hydrogen-bond acceptors (Lipinski definition) is 6. The van der Waals surface area contributed by atoms with E-state index in [-0.39, 0.29) is 24.6 Å². The minimum atomic E-state index is -3.60. The molecule has 1 atom stereocenters. The van der Waals surface area contributed by atoms with Crippen LogP contribution in [0.2, 0.25) is 0 Å². The van der Waals surface area contributed by atoms with Gasteiger partial charge in [0.2, 0.25) is 0 Å². The van der Waals surface area contributed by atoms with Crippen LogP contribution < -0.4 is 10.1 Å². The summed E-state index contributed by atoms with van der Waals surface area (Å²) in [6.07, 6.45) is -0.163. The zero-order valence-corrected chi connectivity index (χ0v) is 17.3. The van der Waals surface area contributed by atoms with E-state index >= 15 is 0 Å². The summed E-state index contributed by atoms with van der Waals surface area (Å²) < 4.78 is 29.7. The highest BCUT2D eigenvalue weighted by Gasteiger charge is 2.48. The lowest BCUT2D eigenvalue weighted by Crippen LogP contribution is -2.39. The van der Waals surface area contributed by atoms with Crippen molar-refractivity contribution in [3.8, 4) is 16.2 Å². The zero-order valence-electron chi connectivity index (χ0n) is 14.8. The first-order valence-corrected chi connectivity index (χ1v) is 10.7. The molecule has 2 heterocycles. The van der Waals surface area contributed by atoms with Crippen molar-refractivity contribution in [3.63, 3.8) is 0 Å². The van der Waals surface area contributed by atoms with Gasteiger partial charge in [-0.1, -0.05) is 0 Å². The minimum Gasteiger partial charge on any atom is -0.497 e. The molecule has 0 radical (unpaired) electrons. The molecule has 0 aliphatic carbocycles. The van der Waals surface area contributed by atoms with E-state index in [1.165, 1.54) is 11.3 Å². The van der Waals surface area contributed by atoms with Gasteiger partial charge < -0.3 is 15.2 Å². The number of benzene rings is 1. The standard InChI is InChI=1S/C18H21NO5S2.ClH/c1-24-14-4-2-13(3-5-14)15-6-7-16(25-15)18(12-17(20)21)8-9-19-10-11-26(18,22)23;/h2-7,19H,8-12H2,1H3,(H,20,21);1H. The maximum atomic E-state index is 13.0. The van der Waals surface area contributed by atoms with Crippen LogP contribution in [-0.2, 0) is 19.4 Å². The predicted octanol–water partition coefficient (Wildman–Crippen LogP) is 2.92. The molecule has 1 unspecified atom stereocenters. The Kier molecular flexibility index (Phi) is 6.91. The molecule has 148 valence electrons. The first-order valence-electron chi connectivity index (χ1n) is 8.27. The molecule has 27 heavy (non-hydrogen) atoms. The third-order valence-corrected chi connectivity index (χ3v) is 8.68. The van der Waals surface area contributed by atoms with Crippen molar-refractivity contribution in [2.24, 2.45) is 0 Å². The van der Waals surface area contributed by atoms with Crippen LogP contribution in [-0.4, -0.2) is 45.4 Å². The van der Waals surface area contributed by atoms with Crippen molar-refractivity contribution in [1.82, 2.24) is 5.32 Å². The predicted molar refractivity (Wildman–Crippen MR) is 109 cm³/mol. The molecule has 1 aliphatic rings. The molecule has 1 saturated heterocycles. The maximum Gasteiger partial charge on any atom is 0.305 e. The van der Waals surface area contributed by atoms with Crippen LogP contribution >= 0.6 is 23.7 Å². The average Bonchev–Trinajstić information content (AvgIpc) is 3.05. The van der Waals surface area contributed by atoms with Crippen molar-refractivity contribution < 1.29 is 23.1 Å². The molecule has 1 aliphatic heterocycles. The van der Waals surface area contributed by atoms with Crippen LogP contribution in [0.3, 0.4) is 0 Å². The van der Waals surface area contributed by atoms with E-state index in [2.05, 4.69) is 5.32 Å². The molecule has 1 aromatic carbocycles. The third kappa shape index (κ3) is 4.29. The van der Waals surface area contributed by atoms with Crippen LogP contribution in [0.5, 0.6) is 5.75 Å². The Labute approximate surface area is 168 Å². The number of sulfone groups is 1. The number of nitrogens with one attached hydrogen (secondary N) is 1. The van der Waals surface area contributed by atoms with Gasteiger partial charge in [0, 0.05) is 16.3 Å². The quantitative estimate of drug-likeness (QED) is 0.756. The average molecular weight is 432 g/mol. The van der Waals surface area contributed by atoms with E-state index in [1.807, 2.05) is 30.3 Å². The summed E-state index contributed by atoms with van der Waals surface area (Å²) in [6.45, 7) is 0.822. The lowest BCUT2D eigenvalue weighted by atomic mass is 9.98.